The topological polar surface area (TPSA) is 149 Å². The lowest BCUT2D eigenvalue weighted by Crippen LogP contribution is -2.47. The first kappa shape index (κ1) is 17.3. The van der Waals surface area contributed by atoms with Crippen LogP contribution >= 0.6 is 11.8 Å². The summed E-state index contributed by atoms with van der Waals surface area (Å²) >= 11 is 1.05. The van der Waals surface area contributed by atoms with Crippen molar-refractivity contribution in [2.75, 3.05) is 11.5 Å². The molecule has 1 atom stereocenters. The summed E-state index contributed by atoms with van der Waals surface area (Å²) in [4.78, 5) is 35.3. The zero-order valence-electron chi connectivity index (χ0n) is 12.9. The molecule has 1 aliphatic carbocycles. The average Bonchev–Trinajstić information content (AvgIpc) is 2.46. The molecule has 1 heterocycles. The Balaban J connectivity index is 1.82. The summed E-state index contributed by atoms with van der Waals surface area (Å²) in [5.74, 6) is -0.453. The maximum absolute atomic E-state index is 12.0. The molecule has 0 saturated heterocycles. The monoisotopic (exact) mass is 339 g/mol. The Morgan fingerprint density at radius 3 is 2.35 bits per heavy atom. The largest absolute Gasteiger partial charge is 0.368 e. The van der Waals surface area contributed by atoms with Gasteiger partial charge >= 0.3 is 6.03 Å². The highest BCUT2D eigenvalue weighted by Crippen LogP contribution is 2.20. The number of aromatic nitrogens is 3. The van der Waals surface area contributed by atoms with Crippen LogP contribution < -0.4 is 22.1 Å². The highest BCUT2D eigenvalue weighted by atomic mass is 32.2. The number of rotatable bonds is 4. The molecule has 6 N–H and O–H groups in total. The van der Waals surface area contributed by atoms with Crippen molar-refractivity contribution in [1.29, 1.82) is 0 Å². The number of nitrogens with zero attached hydrogens (tertiary/aromatic N) is 3. The van der Waals surface area contributed by atoms with Crippen LogP contribution in [0.3, 0.4) is 0 Å². The van der Waals surface area contributed by atoms with Crippen LogP contribution in [0.4, 0.5) is 16.7 Å². The van der Waals surface area contributed by atoms with E-state index in [9.17, 15) is 9.59 Å². The van der Waals surface area contributed by atoms with Crippen molar-refractivity contribution in [3.63, 3.8) is 0 Å². The highest BCUT2D eigenvalue weighted by Gasteiger charge is 2.21. The molecule has 0 radical (unpaired) electrons. The fourth-order valence-electron chi connectivity index (χ4n) is 2.33. The molecule has 3 amide bonds. The highest BCUT2D eigenvalue weighted by molar-refractivity contribution is 8.00. The normalized spacial score (nSPS) is 16.6. The smallest absolute Gasteiger partial charge is 0.321 e. The van der Waals surface area contributed by atoms with Crippen molar-refractivity contribution < 1.29 is 9.59 Å². The van der Waals surface area contributed by atoms with Gasteiger partial charge in [-0.05, 0) is 19.8 Å². The Kier molecular flexibility index (Phi) is 5.97. The number of carbonyl (C=O) groups is 2. The molecule has 126 valence electrons. The third-order valence-corrected chi connectivity index (χ3v) is 4.44. The van der Waals surface area contributed by atoms with Crippen molar-refractivity contribution in [3.05, 3.63) is 0 Å². The first-order valence-electron chi connectivity index (χ1n) is 7.49. The lowest BCUT2D eigenvalue weighted by atomic mass is 9.96. The number of urea groups is 1. The van der Waals surface area contributed by atoms with Crippen molar-refractivity contribution in [3.8, 4) is 0 Å². The Morgan fingerprint density at radius 1 is 1.13 bits per heavy atom. The first-order chi connectivity index (χ1) is 10.9. The lowest BCUT2D eigenvalue weighted by Gasteiger charge is -2.22. The van der Waals surface area contributed by atoms with Gasteiger partial charge in [0.1, 0.15) is 0 Å². The number of nitrogen functional groups attached to an aromatic ring is 2. The van der Waals surface area contributed by atoms with Gasteiger partial charge in [-0.2, -0.15) is 15.0 Å². The molecule has 2 rings (SSSR count). The summed E-state index contributed by atoms with van der Waals surface area (Å²) in [6.07, 6.45) is 5.32. The summed E-state index contributed by atoms with van der Waals surface area (Å²) in [6, 6.07) is -0.327. The van der Waals surface area contributed by atoms with Gasteiger partial charge in [0.25, 0.3) is 0 Å². The maximum Gasteiger partial charge on any atom is 0.321 e. The zero-order valence-corrected chi connectivity index (χ0v) is 13.7. The van der Waals surface area contributed by atoms with E-state index in [0.717, 1.165) is 37.4 Å². The number of imide groups is 1. The third-order valence-electron chi connectivity index (χ3n) is 3.48. The van der Waals surface area contributed by atoms with E-state index in [2.05, 4.69) is 25.6 Å². The Morgan fingerprint density at radius 2 is 1.74 bits per heavy atom. The third kappa shape index (κ3) is 5.55. The number of carbonyl (C=O) groups excluding carboxylic acids is 2. The van der Waals surface area contributed by atoms with E-state index >= 15 is 0 Å². The lowest BCUT2D eigenvalue weighted by molar-refractivity contribution is -0.119. The summed E-state index contributed by atoms with van der Waals surface area (Å²) in [5.41, 5.74) is 11.0. The van der Waals surface area contributed by atoms with Crippen LogP contribution in [0.25, 0.3) is 0 Å². The van der Waals surface area contributed by atoms with Gasteiger partial charge < -0.3 is 16.8 Å². The summed E-state index contributed by atoms with van der Waals surface area (Å²) < 4.78 is 0. The van der Waals surface area contributed by atoms with Crippen LogP contribution in [0, 0.1) is 0 Å². The number of nitrogens with one attached hydrogen (secondary N) is 2. The van der Waals surface area contributed by atoms with Gasteiger partial charge in [0.15, 0.2) is 5.16 Å². The van der Waals surface area contributed by atoms with Crippen LogP contribution in [-0.4, -0.2) is 38.2 Å². The van der Waals surface area contributed by atoms with Crippen LogP contribution in [0.1, 0.15) is 39.0 Å². The number of hydrogen-bond acceptors (Lipinski definition) is 8. The second-order valence-corrected chi connectivity index (χ2v) is 6.70. The molecule has 0 aromatic carbocycles. The SMILES string of the molecule is C[C@H](Sc1nc(N)nc(N)n1)C(=O)NC(=O)NC1CCCCC1. The van der Waals surface area contributed by atoms with E-state index in [0.29, 0.717) is 0 Å². The Bertz CT molecular complexity index is 557. The van der Waals surface area contributed by atoms with E-state index in [1.54, 1.807) is 6.92 Å². The van der Waals surface area contributed by atoms with Gasteiger partial charge in [-0.3, -0.25) is 10.1 Å². The summed E-state index contributed by atoms with van der Waals surface area (Å²) in [7, 11) is 0. The fourth-order valence-corrected chi connectivity index (χ4v) is 3.11. The predicted molar refractivity (Wildman–Crippen MR) is 87.5 cm³/mol. The number of thioether (sulfide) groups is 1. The molecule has 0 unspecified atom stereocenters. The first-order valence-corrected chi connectivity index (χ1v) is 8.37. The quantitative estimate of drug-likeness (QED) is 0.585. The number of anilines is 2. The number of amides is 3. The minimum atomic E-state index is -0.576. The molecule has 10 heteroatoms. The van der Waals surface area contributed by atoms with Gasteiger partial charge in [-0.15, -0.1) is 0 Å². The zero-order chi connectivity index (χ0) is 16.8. The van der Waals surface area contributed by atoms with Gasteiger partial charge in [0, 0.05) is 6.04 Å². The summed E-state index contributed by atoms with van der Waals surface area (Å²) in [6.45, 7) is 1.64. The minimum Gasteiger partial charge on any atom is -0.368 e. The van der Waals surface area contributed by atoms with E-state index in [4.69, 9.17) is 11.5 Å². The molecule has 1 aromatic heterocycles. The van der Waals surface area contributed by atoms with Crippen LogP contribution in [0.2, 0.25) is 0 Å². The van der Waals surface area contributed by atoms with Crippen molar-refractivity contribution in [1.82, 2.24) is 25.6 Å². The molecule has 9 nitrogen and oxygen atoms in total. The fraction of sp³-hybridized carbons (Fsp3) is 0.615. The molecule has 1 aliphatic rings. The van der Waals surface area contributed by atoms with Gasteiger partial charge in [0.2, 0.25) is 17.8 Å². The predicted octanol–water partition coefficient (Wildman–Crippen LogP) is 0.675. The van der Waals surface area contributed by atoms with E-state index in [1.807, 2.05) is 0 Å². The molecule has 23 heavy (non-hydrogen) atoms. The van der Waals surface area contributed by atoms with Crippen molar-refractivity contribution in [2.24, 2.45) is 0 Å². The van der Waals surface area contributed by atoms with E-state index < -0.39 is 17.2 Å². The van der Waals surface area contributed by atoms with E-state index in [-0.39, 0.29) is 23.1 Å². The molecule has 1 saturated carbocycles. The second-order valence-electron chi connectivity index (χ2n) is 5.39. The Labute approximate surface area is 138 Å². The van der Waals surface area contributed by atoms with Gasteiger partial charge in [-0.1, -0.05) is 31.0 Å². The van der Waals surface area contributed by atoms with Crippen molar-refractivity contribution >= 4 is 35.6 Å². The van der Waals surface area contributed by atoms with Gasteiger partial charge in [-0.25, -0.2) is 4.79 Å². The molecule has 1 fully saturated rings. The summed E-state index contributed by atoms with van der Waals surface area (Å²) in [5, 5.41) is 4.82. The molecule has 1 aromatic rings. The van der Waals surface area contributed by atoms with Crippen LogP contribution in [0.5, 0.6) is 0 Å². The number of nitrogens with two attached hydrogens (primary N) is 2. The molecular formula is C13H21N7O2S. The molecular weight excluding hydrogens is 318 g/mol. The number of hydrogen-bond donors (Lipinski definition) is 4. The van der Waals surface area contributed by atoms with Gasteiger partial charge in [0.05, 0.1) is 5.25 Å². The van der Waals surface area contributed by atoms with E-state index in [1.165, 1.54) is 6.42 Å². The molecule has 0 aliphatic heterocycles. The van der Waals surface area contributed by atoms with Crippen LogP contribution in [-0.2, 0) is 4.79 Å². The Hall–Kier alpha value is -2.10. The standard InChI is InChI=1S/C13H21N7O2S/c1-7(23-13-19-10(14)18-11(15)20-13)9(21)17-12(22)16-8-5-3-2-4-6-8/h7-8H,2-6H2,1H3,(H2,16,17,21,22)(H4,14,15,18,19,20)/t7-/m0/s1. The second kappa shape index (κ2) is 7.95. The van der Waals surface area contributed by atoms with Crippen LogP contribution in [0.15, 0.2) is 5.16 Å². The van der Waals surface area contributed by atoms with Crippen molar-refractivity contribution in [2.45, 2.75) is 55.5 Å². The molecule has 0 bridgehead atoms. The molecule has 0 spiro atoms. The average molecular weight is 339 g/mol. The maximum atomic E-state index is 12.0. The minimum absolute atomic E-state index is 0.0114.